The fourth-order valence-electron chi connectivity index (χ4n) is 3.68. The van der Waals surface area contributed by atoms with E-state index in [2.05, 4.69) is 16.0 Å². The van der Waals surface area contributed by atoms with Crippen molar-refractivity contribution in [2.45, 2.75) is 18.9 Å². The fraction of sp³-hybridized carbons (Fsp3) is 0.160. The first-order valence-electron chi connectivity index (χ1n) is 10.6. The number of halogens is 2. The Kier molecular flexibility index (Phi) is 8.51. The number of hydrogen-bond donors (Lipinski definition) is 4. The molecule has 0 unspecified atom stereocenters. The first-order chi connectivity index (χ1) is 16.0. The van der Waals surface area contributed by atoms with Gasteiger partial charge in [-0.2, -0.15) is 0 Å². The number of rotatable bonds is 6. The normalized spacial score (nSPS) is 13.6. The topological polar surface area (TPSA) is 97.3 Å². The van der Waals surface area contributed by atoms with E-state index in [9.17, 15) is 9.59 Å². The number of carbonyl (C=O) groups excluding carboxylic acids is 2. The van der Waals surface area contributed by atoms with E-state index >= 15 is 0 Å². The molecule has 0 aliphatic carbocycles. The molecule has 3 aromatic rings. The van der Waals surface area contributed by atoms with E-state index in [1.54, 1.807) is 48.5 Å². The highest BCUT2D eigenvalue weighted by atomic mass is 35.5. The maximum Gasteiger partial charge on any atom is 0.320 e. The Labute approximate surface area is 209 Å². The number of amides is 3. The molecule has 34 heavy (non-hydrogen) atoms. The summed E-state index contributed by atoms with van der Waals surface area (Å²) in [4.78, 5) is 27.7. The molecule has 9 heteroatoms. The zero-order chi connectivity index (χ0) is 23.2. The van der Waals surface area contributed by atoms with Crippen LogP contribution in [0.1, 0.15) is 24.4 Å². The highest BCUT2D eigenvalue weighted by Crippen LogP contribution is 2.24. The molecular weight excluding hydrogens is 473 g/mol. The third-order valence-corrected chi connectivity index (χ3v) is 5.59. The van der Waals surface area contributed by atoms with Gasteiger partial charge in [-0.05, 0) is 60.5 Å². The highest BCUT2D eigenvalue weighted by Gasteiger charge is 2.23. The molecule has 3 amide bonds. The summed E-state index contributed by atoms with van der Waals surface area (Å²) in [7, 11) is 0. The molecule has 4 rings (SSSR count). The number of benzene rings is 3. The van der Waals surface area contributed by atoms with Crippen molar-refractivity contribution in [1.82, 2.24) is 5.32 Å². The van der Waals surface area contributed by atoms with Crippen molar-refractivity contribution in [3.05, 3.63) is 89.4 Å². The smallest absolute Gasteiger partial charge is 0.320 e. The van der Waals surface area contributed by atoms with Gasteiger partial charge in [-0.25, -0.2) is 4.79 Å². The Bertz CT molecular complexity index is 1140. The Morgan fingerprint density at radius 2 is 1.50 bits per heavy atom. The number of anilines is 3. The van der Waals surface area contributed by atoms with Crippen LogP contribution in [0.3, 0.4) is 0 Å². The van der Waals surface area contributed by atoms with Crippen molar-refractivity contribution < 1.29 is 9.59 Å². The van der Waals surface area contributed by atoms with Gasteiger partial charge in [0.05, 0.1) is 0 Å². The van der Waals surface area contributed by atoms with Crippen molar-refractivity contribution in [1.29, 1.82) is 5.41 Å². The van der Waals surface area contributed by atoms with Crippen molar-refractivity contribution >= 4 is 58.8 Å². The van der Waals surface area contributed by atoms with Gasteiger partial charge in [0.1, 0.15) is 11.9 Å². The molecule has 0 saturated carbocycles. The van der Waals surface area contributed by atoms with E-state index in [0.29, 0.717) is 27.8 Å². The van der Waals surface area contributed by atoms with Crippen LogP contribution < -0.4 is 20.9 Å². The van der Waals surface area contributed by atoms with Crippen molar-refractivity contribution in [2.75, 3.05) is 22.1 Å². The maximum absolute atomic E-state index is 13.1. The van der Waals surface area contributed by atoms with Gasteiger partial charge in [0.15, 0.2) is 0 Å². The van der Waals surface area contributed by atoms with E-state index in [1.165, 1.54) is 0 Å². The van der Waals surface area contributed by atoms with Gasteiger partial charge in [0, 0.05) is 35.1 Å². The first kappa shape index (κ1) is 25.1. The van der Waals surface area contributed by atoms with Gasteiger partial charge >= 0.3 is 6.03 Å². The lowest BCUT2D eigenvalue weighted by atomic mass is 10.1. The summed E-state index contributed by atoms with van der Waals surface area (Å²) in [5.41, 5.74) is 2.75. The summed E-state index contributed by atoms with van der Waals surface area (Å²) in [6, 6.07) is 21.7. The number of hydrogen-bond acceptors (Lipinski definition) is 3. The minimum absolute atomic E-state index is 0. The highest BCUT2D eigenvalue weighted by molar-refractivity contribution is 6.30. The number of nitrogens with zero attached hydrogens (tertiary/aromatic N) is 1. The Morgan fingerprint density at radius 3 is 2.12 bits per heavy atom. The minimum atomic E-state index is -0.898. The lowest BCUT2D eigenvalue weighted by Gasteiger charge is -2.20. The van der Waals surface area contributed by atoms with Gasteiger partial charge in [-0.1, -0.05) is 41.9 Å². The summed E-state index contributed by atoms with van der Waals surface area (Å²) >= 11 is 5.89. The molecule has 0 aromatic heterocycles. The zero-order valence-corrected chi connectivity index (χ0v) is 19.8. The second-order valence-corrected chi connectivity index (χ2v) is 8.12. The molecule has 176 valence electrons. The molecule has 0 spiro atoms. The SMILES string of the molecule is Cl.N=C1CCCN1c1ccc(NC(=O)[C@H](NC(=O)Nc2ccc(Cl)cc2)c2ccccc2)cc1. The zero-order valence-electron chi connectivity index (χ0n) is 18.3. The largest absolute Gasteiger partial charge is 0.330 e. The molecular formula is C25H25Cl2N5O2. The van der Waals surface area contributed by atoms with E-state index in [1.807, 2.05) is 35.2 Å². The number of nitrogens with one attached hydrogen (secondary N) is 4. The average molecular weight is 498 g/mol. The third kappa shape index (κ3) is 6.27. The monoisotopic (exact) mass is 497 g/mol. The van der Waals surface area contributed by atoms with Gasteiger partial charge in [-0.15, -0.1) is 12.4 Å². The minimum Gasteiger partial charge on any atom is -0.330 e. The van der Waals surface area contributed by atoms with Gasteiger partial charge in [-0.3, -0.25) is 10.2 Å². The predicted molar refractivity (Wildman–Crippen MR) is 139 cm³/mol. The van der Waals surface area contributed by atoms with Crippen molar-refractivity contribution in [3.8, 4) is 0 Å². The fourth-order valence-corrected chi connectivity index (χ4v) is 3.80. The van der Waals surface area contributed by atoms with Crippen LogP contribution in [0.2, 0.25) is 5.02 Å². The van der Waals surface area contributed by atoms with E-state index < -0.39 is 12.1 Å². The van der Waals surface area contributed by atoms with Crippen LogP contribution in [-0.2, 0) is 4.79 Å². The van der Waals surface area contributed by atoms with Crippen LogP contribution in [0, 0.1) is 5.41 Å². The molecule has 1 aliphatic rings. The Balaban J connectivity index is 0.00000324. The van der Waals surface area contributed by atoms with Crippen LogP contribution in [-0.4, -0.2) is 24.3 Å². The van der Waals surface area contributed by atoms with E-state index in [4.69, 9.17) is 17.0 Å². The predicted octanol–water partition coefficient (Wildman–Crippen LogP) is 5.84. The number of urea groups is 1. The van der Waals surface area contributed by atoms with Gasteiger partial charge < -0.3 is 20.9 Å². The quantitative estimate of drug-likeness (QED) is 0.344. The Hall–Kier alpha value is -3.55. The van der Waals surface area contributed by atoms with Crippen LogP contribution in [0.15, 0.2) is 78.9 Å². The van der Waals surface area contributed by atoms with Crippen molar-refractivity contribution in [3.63, 3.8) is 0 Å². The molecule has 1 saturated heterocycles. The summed E-state index contributed by atoms with van der Waals surface area (Å²) in [6.45, 7) is 0.827. The molecule has 1 atom stereocenters. The summed E-state index contributed by atoms with van der Waals surface area (Å²) in [6.07, 6.45) is 1.75. The summed E-state index contributed by atoms with van der Waals surface area (Å²) < 4.78 is 0. The molecule has 7 nitrogen and oxygen atoms in total. The standard InChI is InChI=1S/C25H24ClN5O2.ClH/c26-18-8-10-20(11-9-18)29-25(33)30-23(17-5-2-1-3-6-17)24(32)28-19-12-14-21(15-13-19)31-16-4-7-22(31)27;/h1-3,5-6,8-15,23,27H,4,7,16H2,(H,28,32)(H2,29,30,33);1H/t23-;/m1./s1. The first-order valence-corrected chi connectivity index (χ1v) is 11.0. The molecule has 3 aromatic carbocycles. The van der Waals surface area contributed by atoms with Gasteiger partial charge in [0.2, 0.25) is 0 Å². The van der Waals surface area contributed by atoms with Crippen molar-refractivity contribution in [2.24, 2.45) is 0 Å². The van der Waals surface area contributed by atoms with Gasteiger partial charge in [0.25, 0.3) is 5.91 Å². The molecule has 0 radical (unpaired) electrons. The summed E-state index contributed by atoms with van der Waals surface area (Å²) in [5, 5.41) is 16.9. The second-order valence-electron chi connectivity index (χ2n) is 7.69. The van der Waals surface area contributed by atoms with Crippen LogP contribution in [0.4, 0.5) is 21.9 Å². The van der Waals surface area contributed by atoms with E-state index in [-0.39, 0.29) is 18.3 Å². The van der Waals surface area contributed by atoms with E-state index in [0.717, 1.165) is 25.1 Å². The molecule has 1 aliphatic heterocycles. The Morgan fingerprint density at radius 1 is 0.882 bits per heavy atom. The molecule has 0 bridgehead atoms. The van der Waals surface area contributed by atoms with Crippen LogP contribution in [0.25, 0.3) is 0 Å². The maximum atomic E-state index is 13.1. The third-order valence-electron chi connectivity index (χ3n) is 5.34. The summed E-state index contributed by atoms with van der Waals surface area (Å²) in [5.74, 6) is 0.237. The lowest BCUT2D eigenvalue weighted by Crippen LogP contribution is -2.39. The molecule has 4 N–H and O–H groups in total. The molecule has 1 heterocycles. The molecule has 1 fully saturated rings. The second kappa shape index (κ2) is 11.5. The average Bonchev–Trinajstić information content (AvgIpc) is 3.26. The lowest BCUT2D eigenvalue weighted by molar-refractivity contribution is -0.118. The van der Waals surface area contributed by atoms with Crippen LogP contribution >= 0.6 is 24.0 Å². The van der Waals surface area contributed by atoms with Crippen LogP contribution in [0.5, 0.6) is 0 Å². The number of carbonyl (C=O) groups is 2. The number of amidine groups is 1.